The lowest BCUT2D eigenvalue weighted by Gasteiger charge is -2.30. The van der Waals surface area contributed by atoms with Gasteiger partial charge in [-0.15, -0.1) is 12.4 Å². The highest BCUT2D eigenvalue weighted by molar-refractivity contribution is 5.93. The van der Waals surface area contributed by atoms with Crippen LogP contribution in [0.2, 0.25) is 0 Å². The van der Waals surface area contributed by atoms with Gasteiger partial charge in [-0.05, 0) is 36.3 Å². The van der Waals surface area contributed by atoms with Crippen molar-refractivity contribution in [3.8, 4) is 0 Å². The number of aromatic nitrogens is 1. The van der Waals surface area contributed by atoms with Crippen LogP contribution in [-0.4, -0.2) is 39.9 Å². The Bertz CT molecular complexity index is 495. The van der Waals surface area contributed by atoms with Crippen LogP contribution in [0, 0.1) is 16.0 Å². The third kappa shape index (κ3) is 3.10. The molecule has 2 rings (SSSR count). The molecule has 0 radical (unpaired) electrons. The van der Waals surface area contributed by atoms with Gasteiger partial charge in [0.2, 0.25) is 0 Å². The van der Waals surface area contributed by atoms with Gasteiger partial charge < -0.3 is 20.7 Å². The summed E-state index contributed by atoms with van der Waals surface area (Å²) < 4.78 is 1.33. The number of carbonyl (C=O) groups is 1. The number of halogens is 1. The van der Waals surface area contributed by atoms with Gasteiger partial charge in [0.15, 0.2) is 5.69 Å². The predicted octanol–water partition coefficient (Wildman–Crippen LogP) is 1.17. The largest absolute Gasteiger partial charge is 0.358 e. The maximum absolute atomic E-state index is 12.3. The van der Waals surface area contributed by atoms with Crippen molar-refractivity contribution in [1.29, 1.82) is 0 Å². The first-order valence-electron chi connectivity index (χ1n) is 6.34. The highest BCUT2D eigenvalue weighted by Crippen LogP contribution is 2.21. The van der Waals surface area contributed by atoms with E-state index in [1.807, 2.05) is 0 Å². The first-order valence-corrected chi connectivity index (χ1v) is 6.34. The van der Waals surface area contributed by atoms with Gasteiger partial charge in [-0.25, -0.2) is 4.57 Å². The molecule has 1 aliphatic heterocycles. The molecule has 8 heteroatoms. The summed E-state index contributed by atoms with van der Waals surface area (Å²) in [7, 11) is 1.54. The normalized spacial score (nSPS) is 15.8. The number of piperidine rings is 1. The Labute approximate surface area is 123 Å². The van der Waals surface area contributed by atoms with Crippen LogP contribution in [0.25, 0.3) is 0 Å². The van der Waals surface area contributed by atoms with E-state index in [0.29, 0.717) is 31.2 Å². The minimum Gasteiger partial charge on any atom is -0.358 e. The predicted molar refractivity (Wildman–Crippen MR) is 77.0 cm³/mol. The fourth-order valence-corrected chi connectivity index (χ4v) is 2.43. The second-order valence-corrected chi connectivity index (χ2v) is 4.86. The fourth-order valence-electron chi connectivity index (χ4n) is 2.43. The van der Waals surface area contributed by atoms with Crippen LogP contribution in [0.4, 0.5) is 5.82 Å². The van der Waals surface area contributed by atoms with Gasteiger partial charge in [0.25, 0.3) is 5.91 Å². The number of nitrogens with two attached hydrogens (primary N) is 1. The summed E-state index contributed by atoms with van der Waals surface area (Å²) in [6.45, 7) is 1.98. The minimum atomic E-state index is -0.489. The Hall–Kier alpha value is -1.60. The fraction of sp³-hybridized carbons (Fsp3) is 0.583. The Balaban J connectivity index is 0.00000200. The average molecular weight is 303 g/mol. The molecule has 112 valence electrons. The highest BCUT2D eigenvalue weighted by atomic mass is 35.5. The van der Waals surface area contributed by atoms with Crippen molar-refractivity contribution in [2.75, 3.05) is 19.6 Å². The Morgan fingerprint density at radius 1 is 1.45 bits per heavy atom. The molecule has 0 bridgehead atoms. The third-order valence-electron chi connectivity index (χ3n) is 3.74. The van der Waals surface area contributed by atoms with Gasteiger partial charge in [0.05, 0.1) is 7.05 Å². The van der Waals surface area contributed by atoms with Crippen LogP contribution in [0.1, 0.15) is 23.3 Å². The first-order chi connectivity index (χ1) is 9.04. The molecule has 2 N–H and O–H groups in total. The lowest BCUT2D eigenvalue weighted by Crippen LogP contribution is -2.40. The Morgan fingerprint density at radius 3 is 2.50 bits per heavy atom. The van der Waals surface area contributed by atoms with Crippen molar-refractivity contribution in [3.63, 3.8) is 0 Å². The van der Waals surface area contributed by atoms with E-state index in [4.69, 9.17) is 5.73 Å². The Morgan fingerprint density at radius 2 is 2.05 bits per heavy atom. The number of nitro groups is 1. The molecule has 1 fully saturated rings. The maximum Gasteiger partial charge on any atom is 0.323 e. The van der Waals surface area contributed by atoms with Crippen LogP contribution >= 0.6 is 12.4 Å². The van der Waals surface area contributed by atoms with Crippen molar-refractivity contribution in [2.24, 2.45) is 18.7 Å². The third-order valence-corrected chi connectivity index (χ3v) is 3.74. The zero-order valence-electron chi connectivity index (χ0n) is 11.3. The number of carbonyl (C=O) groups excluding carboxylic acids is 1. The maximum atomic E-state index is 12.3. The number of hydrogen-bond donors (Lipinski definition) is 1. The van der Waals surface area contributed by atoms with Crippen LogP contribution in [-0.2, 0) is 7.05 Å². The van der Waals surface area contributed by atoms with E-state index in [-0.39, 0.29) is 24.1 Å². The lowest BCUT2D eigenvalue weighted by atomic mass is 9.97. The molecule has 0 spiro atoms. The minimum absolute atomic E-state index is 0. The van der Waals surface area contributed by atoms with Gasteiger partial charge in [-0.1, -0.05) is 0 Å². The highest BCUT2D eigenvalue weighted by Gasteiger charge is 2.28. The number of rotatable bonds is 3. The lowest BCUT2D eigenvalue weighted by molar-refractivity contribution is -0.391. The standard InChI is InChI=1S/C12H18N4O3.ClH/c1-14-10(2-3-11(14)16(18)19)12(17)15-6-4-9(8-13)5-7-15;/h2-3,9H,4-8,13H2,1H3;1H. The molecule has 1 aliphatic rings. The molecule has 1 amide bonds. The molecule has 7 nitrogen and oxygen atoms in total. The molecule has 0 unspecified atom stereocenters. The van der Waals surface area contributed by atoms with E-state index in [2.05, 4.69) is 0 Å². The molecule has 1 aromatic heterocycles. The van der Waals surface area contributed by atoms with E-state index >= 15 is 0 Å². The molecule has 0 saturated carbocycles. The topological polar surface area (TPSA) is 94.4 Å². The van der Waals surface area contributed by atoms with Crippen LogP contribution in [0.5, 0.6) is 0 Å². The second kappa shape index (κ2) is 6.71. The number of nitrogens with zero attached hydrogens (tertiary/aromatic N) is 3. The summed E-state index contributed by atoms with van der Waals surface area (Å²) in [5.41, 5.74) is 5.97. The average Bonchev–Trinajstić information content (AvgIpc) is 2.80. The van der Waals surface area contributed by atoms with Crippen molar-refractivity contribution in [1.82, 2.24) is 9.47 Å². The molecule has 0 atom stereocenters. The zero-order chi connectivity index (χ0) is 14.0. The van der Waals surface area contributed by atoms with Crippen molar-refractivity contribution in [3.05, 3.63) is 27.9 Å². The van der Waals surface area contributed by atoms with Crippen LogP contribution in [0.3, 0.4) is 0 Å². The van der Waals surface area contributed by atoms with Gasteiger partial charge >= 0.3 is 5.82 Å². The summed E-state index contributed by atoms with van der Waals surface area (Å²) in [4.78, 5) is 24.3. The zero-order valence-corrected chi connectivity index (χ0v) is 12.1. The van der Waals surface area contributed by atoms with Crippen LogP contribution in [0.15, 0.2) is 12.1 Å². The van der Waals surface area contributed by atoms with E-state index in [1.54, 1.807) is 4.90 Å². The number of hydrogen-bond acceptors (Lipinski definition) is 4. The molecule has 0 aromatic carbocycles. The first kappa shape index (κ1) is 16.5. The summed E-state index contributed by atoms with van der Waals surface area (Å²) in [6.07, 6.45) is 1.80. The Kier molecular flexibility index (Phi) is 5.52. The quantitative estimate of drug-likeness (QED) is 0.669. The molecule has 20 heavy (non-hydrogen) atoms. The van der Waals surface area contributed by atoms with E-state index in [9.17, 15) is 14.9 Å². The van der Waals surface area contributed by atoms with Crippen molar-refractivity contribution < 1.29 is 9.72 Å². The van der Waals surface area contributed by atoms with E-state index in [0.717, 1.165) is 12.8 Å². The molecule has 1 aromatic rings. The van der Waals surface area contributed by atoms with Gasteiger partial charge in [0.1, 0.15) is 0 Å². The van der Waals surface area contributed by atoms with Gasteiger partial charge in [-0.3, -0.25) is 4.79 Å². The smallest absolute Gasteiger partial charge is 0.323 e. The SMILES string of the molecule is Cl.Cn1c(C(=O)N2CCC(CN)CC2)ccc1[N+](=O)[O-]. The van der Waals surface area contributed by atoms with Crippen molar-refractivity contribution >= 4 is 24.1 Å². The molecule has 1 saturated heterocycles. The summed E-state index contributed by atoms with van der Waals surface area (Å²) >= 11 is 0. The summed E-state index contributed by atoms with van der Waals surface area (Å²) in [5.74, 6) is 0.262. The second-order valence-electron chi connectivity index (χ2n) is 4.86. The van der Waals surface area contributed by atoms with Crippen molar-refractivity contribution in [2.45, 2.75) is 12.8 Å². The van der Waals surface area contributed by atoms with E-state index in [1.165, 1.54) is 23.7 Å². The van der Waals surface area contributed by atoms with Gasteiger partial charge in [0, 0.05) is 19.2 Å². The molecular formula is C12H19ClN4O3. The monoisotopic (exact) mass is 302 g/mol. The van der Waals surface area contributed by atoms with Gasteiger partial charge in [-0.2, -0.15) is 0 Å². The number of likely N-dealkylation sites (tertiary alicyclic amines) is 1. The number of amides is 1. The molecule has 0 aliphatic carbocycles. The molecular weight excluding hydrogens is 284 g/mol. The van der Waals surface area contributed by atoms with Crippen LogP contribution < -0.4 is 5.73 Å². The summed E-state index contributed by atoms with van der Waals surface area (Å²) in [5, 5.41) is 10.8. The van der Waals surface area contributed by atoms with E-state index < -0.39 is 4.92 Å². The molecule has 2 heterocycles. The summed E-state index contributed by atoms with van der Waals surface area (Å²) in [6, 6.07) is 2.87.